The minimum atomic E-state index is -3.32. The van der Waals surface area contributed by atoms with Crippen LogP contribution in [-0.2, 0) is 16.4 Å². The molecule has 1 saturated heterocycles. The highest BCUT2D eigenvalue weighted by molar-refractivity contribution is 7.91. The highest BCUT2D eigenvalue weighted by Gasteiger charge is 2.33. The summed E-state index contributed by atoms with van der Waals surface area (Å²) in [6, 6.07) is 3.76. The van der Waals surface area contributed by atoms with E-state index in [9.17, 15) is 8.42 Å². The van der Waals surface area contributed by atoms with Gasteiger partial charge in [-0.3, -0.25) is 0 Å². The van der Waals surface area contributed by atoms with Gasteiger partial charge in [0.05, 0.1) is 0 Å². The van der Waals surface area contributed by atoms with E-state index in [0.29, 0.717) is 29.3 Å². The van der Waals surface area contributed by atoms with Crippen molar-refractivity contribution in [2.24, 2.45) is 5.92 Å². The molecular formula is C14H20N4O2S2. The second kappa shape index (κ2) is 6.10. The van der Waals surface area contributed by atoms with E-state index in [1.165, 1.54) is 11.3 Å². The third kappa shape index (κ3) is 2.95. The normalized spacial score (nSPS) is 20.0. The first-order valence-electron chi connectivity index (χ1n) is 7.40. The molecule has 0 N–H and O–H groups in total. The van der Waals surface area contributed by atoms with Crippen molar-refractivity contribution in [3.8, 4) is 0 Å². The molecule has 1 aliphatic rings. The third-order valence-electron chi connectivity index (χ3n) is 4.01. The van der Waals surface area contributed by atoms with Crippen molar-refractivity contribution in [3.63, 3.8) is 0 Å². The molecule has 0 amide bonds. The SMILES string of the molecule is CC(C)n1cnnc1CC1CCN(S(=O)(=O)c2cccs2)C1. The summed E-state index contributed by atoms with van der Waals surface area (Å²) in [7, 11) is -3.32. The molecule has 22 heavy (non-hydrogen) atoms. The highest BCUT2D eigenvalue weighted by Crippen LogP contribution is 2.28. The minimum absolute atomic E-state index is 0.302. The number of sulfonamides is 1. The molecule has 8 heteroatoms. The van der Waals surface area contributed by atoms with E-state index < -0.39 is 10.0 Å². The lowest BCUT2D eigenvalue weighted by Gasteiger charge is -2.16. The van der Waals surface area contributed by atoms with Crippen molar-refractivity contribution in [3.05, 3.63) is 29.7 Å². The van der Waals surface area contributed by atoms with E-state index in [4.69, 9.17) is 0 Å². The molecular weight excluding hydrogens is 320 g/mol. The molecule has 1 aliphatic heterocycles. The molecule has 1 unspecified atom stereocenters. The van der Waals surface area contributed by atoms with Crippen molar-refractivity contribution in [1.29, 1.82) is 0 Å². The predicted octanol–water partition coefficient (Wildman–Crippen LogP) is 2.17. The van der Waals surface area contributed by atoms with E-state index in [1.807, 2.05) is 0 Å². The van der Waals surface area contributed by atoms with E-state index in [-0.39, 0.29) is 0 Å². The Balaban J connectivity index is 1.69. The Kier molecular flexibility index (Phi) is 4.33. The predicted molar refractivity (Wildman–Crippen MR) is 85.3 cm³/mol. The molecule has 1 atom stereocenters. The van der Waals surface area contributed by atoms with Gasteiger partial charge in [-0.15, -0.1) is 21.5 Å². The maximum atomic E-state index is 12.5. The number of nitrogens with zero attached hydrogens (tertiary/aromatic N) is 4. The fourth-order valence-corrected chi connectivity index (χ4v) is 5.50. The van der Waals surface area contributed by atoms with E-state index in [0.717, 1.165) is 18.7 Å². The van der Waals surface area contributed by atoms with Gasteiger partial charge in [-0.05, 0) is 37.6 Å². The Hall–Kier alpha value is -1.25. The van der Waals surface area contributed by atoms with Gasteiger partial charge in [-0.2, -0.15) is 4.31 Å². The molecule has 0 aromatic carbocycles. The van der Waals surface area contributed by atoms with Gasteiger partial charge in [0.25, 0.3) is 10.0 Å². The van der Waals surface area contributed by atoms with Crippen molar-refractivity contribution in [2.45, 2.75) is 36.9 Å². The molecule has 1 fully saturated rings. The summed E-state index contributed by atoms with van der Waals surface area (Å²) in [6.45, 7) is 5.33. The van der Waals surface area contributed by atoms with Crippen molar-refractivity contribution < 1.29 is 8.42 Å². The lowest BCUT2D eigenvalue weighted by molar-refractivity contribution is 0.447. The first-order valence-corrected chi connectivity index (χ1v) is 9.72. The average molecular weight is 340 g/mol. The van der Waals surface area contributed by atoms with Crippen molar-refractivity contribution in [2.75, 3.05) is 13.1 Å². The van der Waals surface area contributed by atoms with Crippen molar-refractivity contribution >= 4 is 21.4 Å². The number of hydrogen-bond acceptors (Lipinski definition) is 5. The van der Waals surface area contributed by atoms with Gasteiger partial charge in [-0.1, -0.05) is 6.07 Å². The number of thiophene rings is 1. The Bertz CT molecular complexity index is 722. The minimum Gasteiger partial charge on any atom is -0.315 e. The smallest absolute Gasteiger partial charge is 0.252 e. The second-order valence-electron chi connectivity index (χ2n) is 5.90. The Morgan fingerprint density at radius 1 is 1.45 bits per heavy atom. The molecule has 6 nitrogen and oxygen atoms in total. The maximum absolute atomic E-state index is 12.5. The van der Waals surface area contributed by atoms with Crippen LogP contribution in [0.4, 0.5) is 0 Å². The lowest BCUT2D eigenvalue weighted by Crippen LogP contribution is -2.28. The quantitative estimate of drug-likeness (QED) is 0.836. The fraction of sp³-hybridized carbons (Fsp3) is 0.571. The van der Waals surface area contributed by atoms with Crippen LogP contribution in [0, 0.1) is 5.92 Å². The summed E-state index contributed by atoms with van der Waals surface area (Å²) >= 11 is 1.27. The molecule has 3 heterocycles. The Morgan fingerprint density at radius 2 is 2.27 bits per heavy atom. The molecule has 2 aromatic rings. The summed E-state index contributed by atoms with van der Waals surface area (Å²) in [5.41, 5.74) is 0. The summed E-state index contributed by atoms with van der Waals surface area (Å²) < 4.78 is 29.1. The summed E-state index contributed by atoms with van der Waals surface area (Å²) in [5, 5.41) is 9.96. The zero-order valence-electron chi connectivity index (χ0n) is 12.7. The van der Waals surface area contributed by atoms with E-state index in [1.54, 1.807) is 28.1 Å². The molecule has 0 radical (unpaired) electrons. The largest absolute Gasteiger partial charge is 0.315 e. The van der Waals surface area contributed by atoms with Crippen LogP contribution in [0.3, 0.4) is 0 Å². The van der Waals surface area contributed by atoms with Gasteiger partial charge in [0.1, 0.15) is 16.4 Å². The lowest BCUT2D eigenvalue weighted by atomic mass is 10.0. The van der Waals surface area contributed by atoms with Crippen LogP contribution >= 0.6 is 11.3 Å². The average Bonchev–Trinajstić information content (AvgIpc) is 3.21. The van der Waals surface area contributed by atoms with Crippen LogP contribution in [0.5, 0.6) is 0 Å². The first-order chi connectivity index (χ1) is 10.5. The molecule has 120 valence electrons. The van der Waals surface area contributed by atoms with Crippen LogP contribution in [0.1, 0.15) is 32.1 Å². The van der Waals surface area contributed by atoms with Gasteiger partial charge in [0.2, 0.25) is 0 Å². The van der Waals surface area contributed by atoms with Crippen LogP contribution in [0.15, 0.2) is 28.0 Å². The first kappa shape index (κ1) is 15.6. The second-order valence-corrected chi connectivity index (χ2v) is 9.01. The standard InChI is InChI=1S/C14H20N4O2S2/c1-11(2)18-10-15-16-13(18)8-12-5-6-17(9-12)22(19,20)14-4-3-7-21-14/h3-4,7,10-12H,5-6,8-9H2,1-2H3. The Labute approximate surface area is 134 Å². The molecule has 2 aromatic heterocycles. The van der Waals surface area contributed by atoms with Gasteiger partial charge in [-0.25, -0.2) is 8.42 Å². The summed E-state index contributed by atoms with van der Waals surface area (Å²) in [5.74, 6) is 1.24. The topological polar surface area (TPSA) is 68.1 Å². The molecule has 0 saturated carbocycles. The highest BCUT2D eigenvalue weighted by atomic mass is 32.2. The van der Waals surface area contributed by atoms with Crippen LogP contribution < -0.4 is 0 Å². The van der Waals surface area contributed by atoms with Crippen LogP contribution in [0.25, 0.3) is 0 Å². The summed E-state index contributed by atoms with van der Waals surface area (Å²) in [6.07, 6.45) is 3.39. The zero-order chi connectivity index (χ0) is 15.7. The Morgan fingerprint density at radius 3 is 2.95 bits per heavy atom. The van der Waals surface area contributed by atoms with E-state index in [2.05, 4.69) is 28.6 Å². The monoisotopic (exact) mass is 340 g/mol. The van der Waals surface area contributed by atoms with Gasteiger partial charge >= 0.3 is 0 Å². The molecule has 0 spiro atoms. The van der Waals surface area contributed by atoms with Gasteiger partial charge < -0.3 is 4.57 Å². The molecule has 0 bridgehead atoms. The molecule has 3 rings (SSSR count). The van der Waals surface area contributed by atoms with Crippen LogP contribution in [-0.4, -0.2) is 40.6 Å². The summed E-state index contributed by atoms with van der Waals surface area (Å²) in [4.78, 5) is 0. The van der Waals surface area contributed by atoms with Gasteiger partial charge in [0, 0.05) is 25.6 Å². The van der Waals surface area contributed by atoms with Gasteiger partial charge in [0.15, 0.2) is 0 Å². The number of aromatic nitrogens is 3. The maximum Gasteiger partial charge on any atom is 0.252 e. The zero-order valence-corrected chi connectivity index (χ0v) is 14.3. The number of rotatable bonds is 5. The van der Waals surface area contributed by atoms with Crippen LogP contribution in [0.2, 0.25) is 0 Å². The number of hydrogen-bond donors (Lipinski definition) is 0. The third-order valence-corrected chi connectivity index (χ3v) is 7.25. The van der Waals surface area contributed by atoms with E-state index >= 15 is 0 Å². The fourth-order valence-electron chi connectivity index (χ4n) is 2.82. The van der Waals surface area contributed by atoms with Crippen molar-refractivity contribution in [1.82, 2.24) is 19.1 Å². The molecule has 0 aliphatic carbocycles.